The fourth-order valence-electron chi connectivity index (χ4n) is 2.20. The highest BCUT2D eigenvalue weighted by Gasteiger charge is 2.10. The molecule has 0 aliphatic heterocycles. The van der Waals surface area contributed by atoms with Crippen molar-refractivity contribution in [3.05, 3.63) is 48.0 Å². The number of carbonyl (C=O) groups is 1. The van der Waals surface area contributed by atoms with Gasteiger partial charge in [0, 0.05) is 5.88 Å². The Balaban J connectivity index is 1.91. The average Bonchev–Trinajstić information content (AvgIpc) is 2.50. The number of unbranched alkanes of at least 4 members (excludes halogenated alkanes) is 3. The van der Waals surface area contributed by atoms with Crippen molar-refractivity contribution in [1.29, 1.82) is 0 Å². The molecule has 3 heteroatoms. The Morgan fingerprint density at radius 2 is 1.70 bits per heavy atom. The van der Waals surface area contributed by atoms with Crippen LogP contribution in [0.5, 0.6) is 0 Å². The van der Waals surface area contributed by atoms with E-state index in [9.17, 15) is 4.79 Å². The molecule has 0 atom stereocenters. The molecule has 20 heavy (non-hydrogen) atoms. The third kappa shape index (κ3) is 3.97. The molecule has 0 N–H and O–H groups in total. The highest BCUT2D eigenvalue weighted by Crippen LogP contribution is 2.19. The Morgan fingerprint density at radius 1 is 0.950 bits per heavy atom. The maximum absolute atomic E-state index is 12.1. The Bertz CT molecular complexity index is 560. The molecule has 106 valence electrons. The third-order valence-electron chi connectivity index (χ3n) is 3.27. The molecule has 0 saturated carbocycles. The van der Waals surface area contributed by atoms with Crippen molar-refractivity contribution in [3.63, 3.8) is 0 Å². The van der Waals surface area contributed by atoms with Crippen LogP contribution in [0, 0.1) is 0 Å². The van der Waals surface area contributed by atoms with E-state index >= 15 is 0 Å². The zero-order valence-electron chi connectivity index (χ0n) is 11.5. The molecule has 2 aromatic carbocycles. The van der Waals surface area contributed by atoms with Gasteiger partial charge in [-0.3, -0.25) is 0 Å². The summed E-state index contributed by atoms with van der Waals surface area (Å²) in [5.74, 6) is 0.467. The van der Waals surface area contributed by atoms with Gasteiger partial charge in [-0.2, -0.15) is 0 Å². The number of hydrogen-bond acceptors (Lipinski definition) is 2. The average molecular weight is 291 g/mol. The molecule has 0 aliphatic carbocycles. The molecule has 0 spiro atoms. The zero-order valence-corrected chi connectivity index (χ0v) is 12.2. The summed E-state index contributed by atoms with van der Waals surface area (Å²) in [7, 11) is 0. The summed E-state index contributed by atoms with van der Waals surface area (Å²) >= 11 is 5.61. The number of rotatable bonds is 7. The van der Waals surface area contributed by atoms with E-state index in [-0.39, 0.29) is 5.97 Å². The van der Waals surface area contributed by atoms with Gasteiger partial charge in [-0.15, -0.1) is 11.6 Å². The molecule has 0 bridgehead atoms. The van der Waals surface area contributed by atoms with E-state index in [0.29, 0.717) is 18.1 Å². The van der Waals surface area contributed by atoms with E-state index in [0.717, 1.165) is 36.5 Å². The van der Waals surface area contributed by atoms with Gasteiger partial charge in [0.05, 0.1) is 12.2 Å². The zero-order chi connectivity index (χ0) is 14.2. The lowest BCUT2D eigenvalue weighted by atomic mass is 10.0. The number of ether oxygens (including phenoxy) is 1. The van der Waals surface area contributed by atoms with Gasteiger partial charge >= 0.3 is 5.97 Å². The Morgan fingerprint density at radius 3 is 2.55 bits per heavy atom. The van der Waals surface area contributed by atoms with Crippen molar-refractivity contribution in [3.8, 4) is 0 Å². The van der Waals surface area contributed by atoms with E-state index in [4.69, 9.17) is 16.3 Å². The molecular formula is C17H19ClO2. The van der Waals surface area contributed by atoms with Crippen molar-refractivity contribution in [2.75, 3.05) is 12.5 Å². The van der Waals surface area contributed by atoms with Crippen LogP contribution in [0.25, 0.3) is 10.8 Å². The SMILES string of the molecule is O=C(OCCCCCCCl)c1cccc2ccccc12. The Kier molecular flexibility index (Phi) is 5.87. The smallest absolute Gasteiger partial charge is 0.338 e. The molecule has 0 amide bonds. The number of fused-ring (bicyclic) bond motifs is 1. The topological polar surface area (TPSA) is 26.3 Å². The van der Waals surface area contributed by atoms with Gasteiger partial charge in [-0.25, -0.2) is 4.79 Å². The van der Waals surface area contributed by atoms with Gasteiger partial charge in [-0.05, 0) is 29.7 Å². The van der Waals surface area contributed by atoms with Crippen molar-refractivity contribution in [2.45, 2.75) is 25.7 Å². The summed E-state index contributed by atoms with van der Waals surface area (Å²) in [4.78, 5) is 12.1. The second-order valence-electron chi connectivity index (χ2n) is 4.77. The summed E-state index contributed by atoms with van der Waals surface area (Å²) < 4.78 is 5.34. The van der Waals surface area contributed by atoms with E-state index < -0.39 is 0 Å². The number of benzene rings is 2. The fraction of sp³-hybridized carbons (Fsp3) is 0.353. The highest BCUT2D eigenvalue weighted by atomic mass is 35.5. The second-order valence-corrected chi connectivity index (χ2v) is 5.14. The minimum Gasteiger partial charge on any atom is -0.462 e. The lowest BCUT2D eigenvalue weighted by molar-refractivity contribution is 0.0500. The quantitative estimate of drug-likeness (QED) is 0.416. The molecule has 0 heterocycles. The molecule has 0 aromatic heterocycles. The summed E-state index contributed by atoms with van der Waals surface area (Å²) in [5.41, 5.74) is 0.642. The van der Waals surface area contributed by atoms with Crippen LogP contribution in [-0.4, -0.2) is 18.5 Å². The Labute approximate surface area is 124 Å². The van der Waals surface area contributed by atoms with E-state index in [1.807, 2.05) is 42.5 Å². The van der Waals surface area contributed by atoms with Gasteiger partial charge in [0.1, 0.15) is 0 Å². The first kappa shape index (κ1) is 14.9. The maximum atomic E-state index is 12.1. The van der Waals surface area contributed by atoms with Crippen molar-refractivity contribution in [2.24, 2.45) is 0 Å². The standard InChI is InChI=1S/C17H19ClO2/c18-12-5-1-2-6-13-20-17(19)16-11-7-9-14-8-3-4-10-15(14)16/h3-4,7-11H,1-2,5-6,12-13H2. The van der Waals surface area contributed by atoms with Gasteiger partial charge in [0.25, 0.3) is 0 Å². The lowest BCUT2D eigenvalue weighted by Crippen LogP contribution is -2.07. The van der Waals surface area contributed by atoms with Crippen LogP contribution in [0.4, 0.5) is 0 Å². The molecule has 0 radical (unpaired) electrons. The monoisotopic (exact) mass is 290 g/mol. The van der Waals surface area contributed by atoms with Crippen molar-refractivity contribution in [1.82, 2.24) is 0 Å². The molecule has 2 rings (SSSR count). The third-order valence-corrected chi connectivity index (χ3v) is 3.54. The molecule has 0 unspecified atom stereocenters. The predicted molar refractivity (Wildman–Crippen MR) is 83.4 cm³/mol. The summed E-state index contributed by atoms with van der Waals surface area (Å²) in [6.07, 6.45) is 4.07. The van der Waals surface area contributed by atoms with Crippen LogP contribution < -0.4 is 0 Å². The largest absolute Gasteiger partial charge is 0.462 e. The van der Waals surface area contributed by atoms with Gasteiger partial charge in [-0.1, -0.05) is 49.2 Å². The van der Waals surface area contributed by atoms with E-state index in [2.05, 4.69) is 0 Å². The number of alkyl halides is 1. The van der Waals surface area contributed by atoms with Gasteiger partial charge < -0.3 is 4.74 Å². The lowest BCUT2D eigenvalue weighted by Gasteiger charge is -2.07. The summed E-state index contributed by atoms with van der Waals surface area (Å²) in [5, 5.41) is 2.01. The fourth-order valence-corrected chi connectivity index (χ4v) is 2.39. The van der Waals surface area contributed by atoms with E-state index in [1.165, 1.54) is 0 Å². The van der Waals surface area contributed by atoms with Crippen LogP contribution in [0.15, 0.2) is 42.5 Å². The van der Waals surface area contributed by atoms with Crippen molar-refractivity contribution >= 4 is 28.3 Å². The van der Waals surface area contributed by atoms with Crippen LogP contribution in [-0.2, 0) is 4.74 Å². The minimum atomic E-state index is -0.237. The van der Waals surface area contributed by atoms with Crippen LogP contribution >= 0.6 is 11.6 Å². The first-order valence-corrected chi connectivity index (χ1v) is 7.57. The molecule has 0 saturated heterocycles. The summed E-state index contributed by atoms with van der Waals surface area (Å²) in [6, 6.07) is 13.6. The number of esters is 1. The first-order chi connectivity index (χ1) is 9.83. The van der Waals surface area contributed by atoms with E-state index in [1.54, 1.807) is 0 Å². The number of halogens is 1. The molecule has 2 aromatic rings. The highest BCUT2D eigenvalue weighted by molar-refractivity contribution is 6.17. The molecule has 2 nitrogen and oxygen atoms in total. The molecular weight excluding hydrogens is 272 g/mol. The van der Waals surface area contributed by atoms with Crippen LogP contribution in [0.3, 0.4) is 0 Å². The van der Waals surface area contributed by atoms with Gasteiger partial charge in [0.15, 0.2) is 0 Å². The maximum Gasteiger partial charge on any atom is 0.338 e. The van der Waals surface area contributed by atoms with Gasteiger partial charge in [0.2, 0.25) is 0 Å². The second kappa shape index (κ2) is 7.91. The first-order valence-electron chi connectivity index (χ1n) is 7.04. The predicted octanol–water partition coefficient (Wildman–Crippen LogP) is 4.80. The number of carbonyl (C=O) groups excluding carboxylic acids is 1. The molecule has 0 fully saturated rings. The number of hydrogen-bond donors (Lipinski definition) is 0. The minimum absolute atomic E-state index is 0.237. The van der Waals surface area contributed by atoms with Crippen LogP contribution in [0.2, 0.25) is 0 Å². The van der Waals surface area contributed by atoms with Crippen LogP contribution in [0.1, 0.15) is 36.0 Å². The molecule has 0 aliphatic rings. The van der Waals surface area contributed by atoms with Crippen molar-refractivity contribution < 1.29 is 9.53 Å². The normalized spacial score (nSPS) is 10.7. The Hall–Kier alpha value is -1.54. The summed E-state index contributed by atoms with van der Waals surface area (Å²) in [6.45, 7) is 0.477.